The van der Waals surface area contributed by atoms with Gasteiger partial charge in [0.2, 0.25) is 0 Å². The molecule has 0 aliphatic heterocycles. The van der Waals surface area contributed by atoms with Crippen molar-refractivity contribution in [1.29, 1.82) is 0 Å². The summed E-state index contributed by atoms with van der Waals surface area (Å²) in [6, 6.07) is 4.05. The van der Waals surface area contributed by atoms with Gasteiger partial charge in [-0.1, -0.05) is 17.7 Å². The number of hydrogen-bond donors (Lipinski definition) is 2. The molecule has 22 heavy (non-hydrogen) atoms. The smallest absolute Gasteiger partial charge is 0.407 e. The maximum absolute atomic E-state index is 13.5. The van der Waals surface area contributed by atoms with Gasteiger partial charge in [0.25, 0.3) is 5.91 Å². The molecule has 0 radical (unpaired) electrons. The number of hydrogen-bond acceptors (Lipinski definition) is 3. The summed E-state index contributed by atoms with van der Waals surface area (Å²) in [7, 11) is 0. The summed E-state index contributed by atoms with van der Waals surface area (Å²) in [5, 5.41) is 5.17. The fraction of sp³-hybridized carbons (Fsp3) is 0.467. The first-order valence-electron chi connectivity index (χ1n) is 6.90. The van der Waals surface area contributed by atoms with Crippen molar-refractivity contribution in [3.63, 3.8) is 0 Å². The van der Waals surface area contributed by atoms with Crippen molar-refractivity contribution in [2.45, 2.75) is 32.8 Å². The third kappa shape index (κ3) is 6.30. The average molecular weight is 331 g/mol. The second-order valence-corrected chi connectivity index (χ2v) is 6.04. The van der Waals surface area contributed by atoms with E-state index in [1.54, 1.807) is 20.8 Å². The van der Waals surface area contributed by atoms with Crippen LogP contribution in [0.1, 0.15) is 37.6 Å². The SMILES string of the molecule is CC(C)(C)OC(=O)NCCCNC(=O)c1c(F)cccc1Cl. The number of benzene rings is 1. The van der Waals surface area contributed by atoms with E-state index in [0.717, 1.165) is 0 Å². The minimum absolute atomic E-state index is 0.0596. The Kier molecular flexibility index (Phi) is 6.61. The zero-order chi connectivity index (χ0) is 16.8. The van der Waals surface area contributed by atoms with Crippen LogP contribution in [0.3, 0.4) is 0 Å². The van der Waals surface area contributed by atoms with Crippen LogP contribution in [0, 0.1) is 5.82 Å². The maximum atomic E-state index is 13.5. The van der Waals surface area contributed by atoms with Gasteiger partial charge in [0.05, 0.1) is 10.6 Å². The molecule has 0 aliphatic carbocycles. The first-order chi connectivity index (χ1) is 10.2. The van der Waals surface area contributed by atoms with Crippen molar-refractivity contribution < 1.29 is 18.7 Å². The topological polar surface area (TPSA) is 67.4 Å². The van der Waals surface area contributed by atoms with Crippen molar-refractivity contribution in [2.24, 2.45) is 0 Å². The van der Waals surface area contributed by atoms with Crippen LogP contribution in [-0.2, 0) is 4.74 Å². The molecule has 0 atom stereocenters. The van der Waals surface area contributed by atoms with Gasteiger partial charge in [-0.2, -0.15) is 0 Å². The van der Waals surface area contributed by atoms with E-state index in [9.17, 15) is 14.0 Å². The second kappa shape index (κ2) is 7.98. The molecule has 2 amide bonds. The zero-order valence-corrected chi connectivity index (χ0v) is 13.6. The third-order valence-electron chi connectivity index (χ3n) is 2.50. The Labute approximate surface area is 134 Å². The monoisotopic (exact) mass is 330 g/mol. The lowest BCUT2D eigenvalue weighted by Gasteiger charge is -2.19. The van der Waals surface area contributed by atoms with Crippen molar-refractivity contribution in [1.82, 2.24) is 10.6 Å². The molecule has 1 rings (SSSR count). The Hall–Kier alpha value is -1.82. The Morgan fingerprint density at radius 1 is 1.23 bits per heavy atom. The molecule has 2 N–H and O–H groups in total. The Morgan fingerprint density at radius 3 is 2.45 bits per heavy atom. The van der Waals surface area contributed by atoms with Crippen LogP contribution >= 0.6 is 11.6 Å². The maximum Gasteiger partial charge on any atom is 0.407 e. The molecule has 5 nitrogen and oxygen atoms in total. The number of carbonyl (C=O) groups excluding carboxylic acids is 2. The molecule has 0 spiro atoms. The molecule has 7 heteroatoms. The number of ether oxygens (including phenoxy) is 1. The van der Waals surface area contributed by atoms with Gasteiger partial charge in [-0.15, -0.1) is 0 Å². The zero-order valence-electron chi connectivity index (χ0n) is 12.8. The van der Waals surface area contributed by atoms with E-state index in [2.05, 4.69) is 10.6 Å². The van der Waals surface area contributed by atoms with Crippen molar-refractivity contribution >= 4 is 23.6 Å². The van der Waals surface area contributed by atoms with Crippen LogP contribution in [-0.4, -0.2) is 30.7 Å². The number of alkyl carbamates (subject to hydrolysis) is 1. The Balaban J connectivity index is 2.31. The minimum atomic E-state index is -0.670. The molecule has 122 valence electrons. The van der Waals surface area contributed by atoms with Crippen LogP contribution in [0.25, 0.3) is 0 Å². The van der Waals surface area contributed by atoms with Crippen molar-refractivity contribution in [3.05, 3.63) is 34.6 Å². The van der Waals surface area contributed by atoms with Gasteiger partial charge in [0, 0.05) is 13.1 Å². The summed E-state index contributed by atoms with van der Waals surface area (Å²) < 4.78 is 18.6. The largest absolute Gasteiger partial charge is 0.444 e. The van der Waals surface area contributed by atoms with E-state index in [1.807, 2.05) is 0 Å². The van der Waals surface area contributed by atoms with Crippen LogP contribution in [0.5, 0.6) is 0 Å². The first-order valence-corrected chi connectivity index (χ1v) is 7.27. The predicted molar refractivity (Wildman–Crippen MR) is 82.6 cm³/mol. The van der Waals surface area contributed by atoms with E-state index in [0.29, 0.717) is 13.0 Å². The van der Waals surface area contributed by atoms with Gasteiger partial charge >= 0.3 is 6.09 Å². The van der Waals surface area contributed by atoms with Crippen LogP contribution in [0.4, 0.5) is 9.18 Å². The molecule has 0 heterocycles. The standard InChI is InChI=1S/C15H20ClFN2O3/c1-15(2,3)22-14(21)19-9-5-8-18-13(20)12-10(16)6-4-7-11(12)17/h4,6-7H,5,8-9H2,1-3H3,(H,18,20)(H,19,21). The molecule has 0 bridgehead atoms. The summed E-state index contributed by atoms with van der Waals surface area (Å²) >= 11 is 5.79. The number of amides is 2. The van der Waals surface area contributed by atoms with Gasteiger partial charge in [-0.05, 0) is 39.3 Å². The highest BCUT2D eigenvalue weighted by Gasteiger charge is 2.16. The normalized spacial score (nSPS) is 11.0. The molecule has 0 saturated carbocycles. The fourth-order valence-electron chi connectivity index (χ4n) is 1.60. The van der Waals surface area contributed by atoms with Crippen molar-refractivity contribution in [2.75, 3.05) is 13.1 Å². The van der Waals surface area contributed by atoms with Gasteiger partial charge < -0.3 is 15.4 Å². The number of rotatable bonds is 5. The lowest BCUT2D eigenvalue weighted by Crippen LogP contribution is -2.34. The molecule has 0 fully saturated rings. The molecule has 0 unspecified atom stereocenters. The quantitative estimate of drug-likeness (QED) is 0.815. The number of carbonyl (C=O) groups is 2. The highest BCUT2D eigenvalue weighted by atomic mass is 35.5. The van der Waals surface area contributed by atoms with Crippen LogP contribution < -0.4 is 10.6 Å². The van der Waals surface area contributed by atoms with Crippen molar-refractivity contribution in [3.8, 4) is 0 Å². The summed E-state index contributed by atoms with van der Waals surface area (Å²) in [5.74, 6) is -1.25. The van der Waals surface area contributed by atoms with Gasteiger partial charge in [0.1, 0.15) is 11.4 Å². The van der Waals surface area contributed by atoms with Gasteiger partial charge in [0.15, 0.2) is 0 Å². The molecule has 0 saturated heterocycles. The second-order valence-electron chi connectivity index (χ2n) is 5.63. The summed E-state index contributed by atoms with van der Waals surface area (Å²) in [6.07, 6.45) is -0.0344. The van der Waals surface area contributed by atoms with E-state index in [-0.39, 0.29) is 17.1 Å². The molecule has 0 aromatic heterocycles. The molecule has 1 aromatic carbocycles. The molecular weight excluding hydrogens is 311 g/mol. The third-order valence-corrected chi connectivity index (χ3v) is 2.81. The van der Waals surface area contributed by atoms with Gasteiger partial charge in [-0.25, -0.2) is 9.18 Å². The highest BCUT2D eigenvalue weighted by Crippen LogP contribution is 2.18. The summed E-state index contributed by atoms with van der Waals surface area (Å²) in [6.45, 7) is 5.92. The van der Waals surface area contributed by atoms with Crippen LogP contribution in [0.15, 0.2) is 18.2 Å². The lowest BCUT2D eigenvalue weighted by molar-refractivity contribution is 0.0527. The van der Waals surface area contributed by atoms with E-state index >= 15 is 0 Å². The Morgan fingerprint density at radius 2 is 1.86 bits per heavy atom. The average Bonchev–Trinajstić information content (AvgIpc) is 2.35. The summed E-state index contributed by atoms with van der Waals surface area (Å²) in [5.41, 5.74) is -0.732. The first kappa shape index (κ1) is 18.2. The van der Waals surface area contributed by atoms with Gasteiger partial charge in [-0.3, -0.25) is 4.79 Å². The minimum Gasteiger partial charge on any atom is -0.444 e. The number of halogens is 2. The lowest BCUT2D eigenvalue weighted by atomic mass is 10.2. The van der Waals surface area contributed by atoms with Crippen LogP contribution in [0.2, 0.25) is 5.02 Å². The molecular formula is C15H20ClFN2O3. The fourth-order valence-corrected chi connectivity index (χ4v) is 1.85. The number of nitrogens with one attached hydrogen (secondary N) is 2. The molecule has 1 aromatic rings. The van der Waals surface area contributed by atoms with E-state index in [4.69, 9.17) is 16.3 Å². The summed E-state index contributed by atoms with van der Waals surface area (Å²) in [4.78, 5) is 23.2. The molecule has 0 aliphatic rings. The van der Waals surface area contributed by atoms with E-state index in [1.165, 1.54) is 18.2 Å². The Bertz CT molecular complexity index is 524. The van der Waals surface area contributed by atoms with E-state index < -0.39 is 23.4 Å². The highest BCUT2D eigenvalue weighted by molar-refractivity contribution is 6.33. The predicted octanol–water partition coefficient (Wildman–Crippen LogP) is 3.12.